The summed E-state index contributed by atoms with van der Waals surface area (Å²) in [5.74, 6) is -0.167. The van der Waals surface area contributed by atoms with Gasteiger partial charge >= 0.3 is 0 Å². The zero-order chi connectivity index (χ0) is 13.8. The number of nitrogens with one attached hydrogen (secondary N) is 1. The minimum atomic E-state index is -0.539. The maximum Gasteiger partial charge on any atom is 0.261 e. The predicted octanol–water partition coefficient (Wildman–Crippen LogP) is 1.89. The second-order valence-corrected chi connectivity index (χ2v) is 4.87. The highest BCUT2D eigenvalue weighted by Crippen LogP contribution is 2.22. The monoisotopic (exact) mass is 266 g/mol. The van der Waals surface area contributed by atoms with Gasteiger partial charge < -0.3 is 15.8 Å². The summed E-state index contributed by atoms with van der Waals surface area (Å²) in [6, 6.07) is 4.18. The van der Waals surface area contributed by atoms with Crippen LogP contribution in [0.15, 0.2) is 18.2 Å². The fourth-order valence-electron chi connectivity index (χ4n) is 2.14. The van der Waals surface area contributed by atoms with Crippen LogP contribution in [0.2, 0.25) is 0 Å². The van der Waals surface area contributed by atoms with Crippen molar-refractivity contribution in [3.8, 4) is 5.75 Å². The van der Waals surface area contributed by atoms with Crippen LogP contribution in [0.25, 0.3) is 0 Å². The van der Waals surface area contributed by atoms with Gasteiger partial charge in [-0.3, -0.25) is 4.79 Å². The molecule has 1 aromatic carbocycles. The third kappa shape index (κ3) is 3.44. The van der Waals surface area contributed by atoms with E-state index in [2.05, 4.69) is 5.32 Å². The van der Waals surface area contributed by atoms with E-state index in [9.17, 15) is 9.18 Å². The molecular weight excluding hydrogens is 247 g/mol. The van der Waals surface area contributed by atoms with Crippen molar-refractivity contribution in [1.29, 1.82) is 0 Å². The number of halogens is 1. The van der Waals surface area contributed by atoms with Crippen LogP contribution in [0.3, 0.4) is 0 Å². The number of hydrogen-bond acceptors (Lipinski definition) is 3. The van der Waals surface area contributed by atoms with Crippen LogP contribution in [0.4, 0.5) is 4.39 Å². The van der Waals surface area contributed by atoms with E-state index < -0.39 is 11.9 Å². The predicted molar refractivity (Wildman–Crippen MR) is 70.3 cm³/mol. The molecule has 4 nitrogen and oxygen atoms in total. The van der Waals surface area contributed by atoms with Crippen molar-refractivity contribution in [3.63, 3.8) is 0 Å². The van der Waals surface area contributed by atoms with Gasteiger partial charge in [0.2, 0.25) is 0 Å². The highest BCUT2D eigenvalue weighted by atomic mass is 19.1. The van der Waals surface area contributed by atoms with E-state index in [1.165, 1.54) is 6.07 Å². The third-order valence-corrected chi connectivity index (χ3v) is 3.23. The summed E-state index contributed by atoms with van der Waals surface area (Å²) in [5, 5.41) is 2.78. The molecule has 19 heavy (non-hydrogen) atoms. The van der Waals surface area contributed by atoms with Crippen LogP contribution >= 0.6 is 0 Å². The summed E-state index contributed by atoms with van der Waals surface area (Å²) < 4.78 is 19.3. The van der Waals surface area contributed by atoms with Crippen molar-refractivity contribution in [3.05, 3.63) is 29.6 Å². The first kappa shape index (κ1) is 13.8. The summed E-state index contributed by atoms with van der Waals surface area (Å²) in [5.41, 5.74) is 6.09. The quantitative estimate of drug-likeness (QED) is 0.878. The molecule has 0 aromatic heterocycles. The molecule has 0 aliphatic carbocycles. The Kier molecular flexibility index (Phi) is 4.37. The number of amides is 1. The Labute approximate surface area is 112 Å². The summed E-state index contributed by atoms with van der Waals surface area (Å²) >= 11 is 0. The minimum Gasteiger partial charge on any atom is -0.481 e. The number of nitrogens with two attached hydrogens (primary N) is 1. The van der Waals surface area contributed by atoms with Crippen molar-refractivity contribution in [2.75, 3.05) is 6.54 Å². The van der Waals surface area contributed by atoms with Gasteiger partial charge in [-0.15, -0.1) is 0 Å². The SMILES string of the molecule is C[C@H](N)c1ccc(OC2CCCCNC2=O)cc1F. The normalized spacial score (nSPS) is 21.4. The van der Waals surface area contributed by atoms with E-state index in [1.54, 1.807) is 19.1 Å². The smallest absolute Gasteiger partial charge is 0.261 e. The largest absolute Gasteiger partial charge is 0.481 e. The molecule has 0 spiro atoms. The number of ether oxygens (including phenoxy) is 1. The van der Waals surface area contributed by atoms with E-state index in [4.69, 9.17) is 10.5 Å². The molecule has 3 N–H and O–H groups in total. The lowest BCUT2D eigenvalue weighted by Crippen LogP contribution is -2.36. The van der Waals surface area contributed by atoms with Crippen LogP contribution in [0, 0.1) is 5.82 Å². The molecule has 2 atom stereocenters. The van der Waals surface area contributed by atoms with Crippen molar-refractivity contribution in [2.24, 2.45) is 5.73 Å². The van der Waals surface area contributed by atoms with Crippen molar-refractivity contribution >= 4 is 5.91 Å². The summed E-state index contributed by atoms with van der Waals surface area (Å²) in [4.78, 5) is 11.7. The third-order valence-electron chi connectivity index (χ3n) is 3.23. The van der Waals surface area contributed by atoms with Crippen LogP contribution in [-0.4, -0.2) is 18.6 Å². The zero-order valence-electron chi connectivity index (χ0n) is 11.0. The Morgan fingerprint density at radius 1 is 1.47 bits per heavy atom. The average Bonchev–Trinajstić information content (AvgIpc) is 2.55. The fourth-order valence-corrected chi connectivity index (χ4v) is 2.14. The van der Waals surface area contributed by atoms with Gasteiger partial charge in [-0.05, 0) is 32.3 Å². The molecule has 0 radical (unpaired) electrons. The van der Waals surface area contributed by atoms with Gasteiger partial charge in [-0.25, -0.2) is 4.39 Å². The molecule has 104 valence electrons. The van der Waals surface area contributed by atoms with Crippen LogP contribution in [0.5, 0.6) is 5.75 Å². The maximum atomic E-state index is 13.8. The summed E-state index contributed by atoms with van der Waals surface area (Å²) in [6.45, 7) is 2.40. The van der Waals surface area contributed by atoms with Gasteiger partial charge in [0.15, 0.2) is 6.10 Å². The molecule has 5 heteroatoms. The summed E-state index contributed by atoms with van der Waals surface area (Å²) in [7, 11) is 0. The number of rotatable bonds is 3. The van der Waals surface area contributed by atoms with Gasteiger partial charge in [-0.2, -0.15) is 0 Å². The van der Waals surface area contributed by atoms with Gasteiger partial charge in [0, 0.05) is 24.2 Å². The van der Waals surface area contributed by atoms with Gasteiger partial charge in [0.1, 0.15) is 11.6 Å². The first-order chi connectivity index (χ1) is 9.08. The lowest BCUT2D eigenvalue weighted by molar-refractivity contribution is -0.127. The first-order valence-electron chi connectivity index (χ1n) is 6.57. The number of benzene rings is 1. The maximum absolute atomic E-state index is 13.8. The molecule has 1 aliphatic rings. The Balaban J connectivity index is 2.10. The Hall–Kier alpha value is -1.62. The molecule has 1 saturated heterocycles. The zero-order valence-corrected chi connectivity index (χ0v) is 11.0. The molecule has 1 unspecified atom stereocenters. The lowest BCUT2D eigenvalue weighted by atomic mass is 10.1. The Morgan fingerprint density at radius 3 is 2.95 bits per heavy atom. The van der Waals surface area contributed by atoms with Crippen molar-refractivity contribution < 1.29 is 13.9 Å². The molecule has 1 amide bonds. The Bertz CT molecular complexity index is 463. The number of hydrogen-bond donors (Lipinski definition) is 2. The second kappa shape index (κ2) is 6.02. The molecule has 1 aliphatic heterocycles. The van der Waals surface area contributed by atoms with Gasteiger partial charge in [0.05, 0.1) is 0 Å². The molecule has 1 aromatic rings. The molecule has 1 fully saturated rings. The Morgan fingerprint density at radius 2 is 2.26 bits per heavy atom. The first-order valence-corrected chi connectivity index (χ1v) is 6.57. The van der Waals surface area contributed by atoms with Gasteiger partial charge in [0.25, 0.3) is 5.91 Å². The number of carbonyl (C=O) groups excluding carboxylic acids is 1. The highest BCUT2D eigenvalue weighted by molar-refractivity contribution is 5.81. The molecular formula is C14H19FN2O2. The van der Waals surface area contributed by atoms with E-state index in [0.29, 0.717) is 24.3 Å². The topological polar surface area (TPSA) is 64.3 Å². The fraction of sp³-hybridized carbons (Fsp3) is 0.500. The van der Waals surface area contributed by atoms with Crippen molar-refractivity contribution in [2.45, 2.75) is 38.3 Å². The van der Waals surface area contributed by atoms with E-state index >= 15 is 0 Å². The second-order valence-electron chi connectivity index (χ2n) is 4.87. The van der Waals surface area contributed by atoms with Gasteiger partial charge in [-0.1, -0.05) is 6.07 Å². The average molecular weight is 266 g/mol. The van der Waals surface area contributed by atoms with E-state index in [-0.39, 0.29) is 11.9 Å². The summed E-state index contributed by atoms with van der Waals surface area (Å²) in [6.07, 6.45) is 1.98. The molecule has 0 bridgehead atoms. The molecule has 2 rings (SSSR count). The standard InChI is InChI=1S/C14H19FN2O2/c1-9(16)11-6-5-10(8-12(11)15)19-13-4-2-3-7-17-14(13)18/h5-6,8-9,13H,2-4,7,16H2,1H3,(H,17,18)/t9-,13?/m0/s1. The van der Waals surface area contributed by atoms with Crippen LogP contribution in [0.1, 0.15) is 37.8 Å². The van der Waals surface area contributed by atoms with Crippen molar-refractivity contribution in [1.82, 2.24) is 5.32 Å². The highest BCUT2D eigenvalue weighted by Gasteiger charge is 2.22. The van der Waals surface area contributed by atoms with E-state index in [0.717, 1.165) is 12.8 Å². The van der Waals surface area contributed by atoms with Crippen LogP contribution < -0.4 is 15.8 Å². The van der Waals surface area contributed by atoms with Crippen LogP contribution in [-0.2, 0) is 4.79 Å². The molecule has 1 heterocycles. The number of carbonyl (C=O) groups is 1. The molecule has 0 saturated carbocycles. The minimum absolute atomic E-state index is 0.130. The lowest BCUT2D eigenvalue weighted by Gasteiger charge is -2.17. The van der Waals surface area contributed by atoms with E-state index in [1.807, 2.05) is 0 Å².